The summed E-state index contributed by atoms with van der Waals surface area (Å²) in [5, 5.41) is 16.7. The molecule has 0 atom stereocenters. The van der Waals surface area contributed by atoms with E-state index < -0.39 is 0 Å². The molecule has 1 amide bonds. The molecule has 0 saturated carbocycles. The fourth-order valence-corrected chi connectivity index (χ4v) is 3.68. The molecule has 0 fully saturated rings. The van der Waals surface area contributed by atoms with Crippen LogP contribution in [0.1, 0.15) is 5.56 Å². The number of nitrogens with zero attached hydrogens (tertiary/aromatic N) is 4. The predicted octanol–water partition coefficient (Wildman–Crippen LogP) is 3.22. The van der Waals surface area contributed by atoms with Gasteiger partial charge in [-0.1, -0.05) is 42.1 Å². The Balaban J connectivity index is 1.47. The topological polar surface area (TPSA) is 90.6 Å². The van der Waals surface area contributed by atoms with Gasteiger partial charge in [0.2, 0.25) is 5.91 Å². The maximum absolute atomic E-state index is 12.2. The molecule has 2 heterocycles. The third-order valence-corrected chi connectivity index (χ3v) is 5.48. The summed E-state index contributed by atoms with van der Waals surface area (Å²) in [6.07, 6.45) is 0. The Bertz CT molecular complexity index is 1200. The number of hydrogen-bond acceptors (Lipinski definition) is 7. The van der Waals surface area contributed by atoms with E-state index >= 15 is 0 Å². The van der Waals surface area contributed by atoms with Crippen molar-refractivity contribution in [2.75, 3.05) is 20.0 Å². The Kier molecular flexibility index (Phi) is 6.32. The molecule has 31 heavy (non-hydrogen) atoms. The van der Waals surface area contributed by atoms with Crippen molar-refractivity contribution in [1.29, 1.82) is 0 Å². The Hall–Kier alpha value is -3.59. The number of rotatable bonds is 8. The van der Waals surface area contributed by atoms with Gasteiger partial charge in [-0.15, -0.1) is 10.2 Å². The van der Waals surface area contributed by atoms with Crippen LogP contribution in [0.15, 0.2) is 65.7 Å². The van der Waals surface area contributed by atoms with Crippen molar-refractivity contribution in [1.82, 2.24) is 25.1 Å². The Labute approximate surface area is 183 Å². The molecule has 158 valence electrons. The van der Waals surface area contributed by atoms with E-state index in [1.807, 2.05) is 60.7 Å². The van der Waals surface area contributed by atoms with Gasteiger partial charge in [0.05, 0.1) is 20.0 Å². The van der Waals surface area contributed by atoms with Crippen molar-refractivity contribution in [3.63, 3.8) is 0 Å². The van der Waals surface area contributed by atoms with Crippen LogP contribution in [-0.2, 0) is 11.3 Å². The molecule has 4 rings (SSSR count). The zero-order valence-electron chi connectivity index (χ0n) is 17.1. The number of thioether (sulfide) groups is 1. The van der Waals surface area contributed by atoms with Crippen molar-refractivity contribution in [2.45, 2.75) is 11.6 Å². The SMILES string of the molecule is COc1ccc(-c2nnc3ccc(SCC(=O)NCc4ccccc4)nn23)cc1OC. The zero-order valence-corrected chi connectivity index (χ0v) is 17.9. The van der Waals surface area contributed by atoms with E-state index in [0.717, 1.165) is 11.1 Å². The minimum Gasteiger partial charge on any atom is -0.493 e. The largest absolute Gasteiger partial charge is 0.493 e. The standard InChI is InChI=1S/C22H21N5O3S/c1-29-17-9-8-16(12-18(17)30-2)22-25-24-19-10-11-21(26-27(19)22)31-14-20(28)23-13-15-6-4-3-5-7-15/h3-12H,13-14H2,1-2H3,(H,23,28). The normalized spacial score (nSPS) is 10.8. The van der Waals surface area contributed by atoms with E-state index in [9.17, 15) is 4.79 Å². The van der Waals surface area contributed by atoms with E-state index in [2.05, 4.69) is 20.6 Å². The molecule has 8 nitrogen and oxygen atoms in total. The molecule has 0 aliphatic carbocycles. The molecular weight excluding hydrogens is 414 g/mol. The molecule has 4 aromatic rings. The number of methoxy groups -OCH3 is 2. The fraction of sp³-hybridized carbons (Fsp3) is 0.182. The van der Waals surface area contributed by atoms with Crippen LogP contribution in [0.4, 0.5) is 0 Å². The molecule has 0 unspecified atom stereocenters. The lowest BCUT2D eigenvalue weighted by Gasteiger charge is -2.09. The number of benzene rings is 2. The Morgan fingerprint density at radius 2 is 1.81 bits per heavy atom. The van der Waals surface area contributed by atoms with E-state index in [4.69, 9.17) is 9.47 Å². The van der Waals surface area contributed by atoms with Gasteiger partial charge < -0.3 is 14.8 Å². The van der Waals surface area contributed by atoms with Crippen LogP contribution in [-0.4, -0.2) is 45.7 Å². The smallest absolute Gasteiger partial charge is 0.230 e. The number of nitrogens with one attached hydrogen (secondary N) is 1. The third kappa shape index (κ3) is 4.77. The lowest BCUT2D eigenvalue weighted by Crippen LogP contribution is -2.24. The lowest BCUT2D eigenvalue weighted by molar-refractivity contribution is -0.118. The minimum atomic E-state index is -0.0559. The monoisotopic (exact) mass is 435 g/mol. The molecule has 2 aromatic carbocycles. The maximum atomic E-state index is 12.2. The van der Waals surface area contributed by atoms with Crippen molar-refractivity contribution < 1.29 is 14.3 Å². The lowest BCUT2D eigenvalue weighted by atomic mass is 10.2. The highest BCUT2D eigenvalue weighted by Gasteiger charge is 2.14. The van der Waals surface area contributed by atoms with Crippen molar-refractivity contribution in [2.24, 2.45) is 0 Å². The minimum absolute atomic E-state index is 0.0559. The van der Waals surface area contributed by atoms with Crippen LogP contribution < -0.4 is 14.8 Å². The van der Waals surface area contributed by atoms with E-state index in [1.165, 1.54) is 11.8 Å². The molecule has 0 radical (unpaired) electrons. The number of aromatic nitrogens is 4. The van der Waals surface area contributed by atoms with Gasteiger partial charge in [-0.05, 0) is 35.9 Å². The van der Waals surface area contributed by atoms with Gasteiger partial charge in [0, 0.05) is 12.1 Å². The summed E-state index contributed by atoms with van der Waals surface area (Å²) in [7, 11) is 3.17. The van der Waals surface area contributed by atoms with Crippen LogP contribution in [0, 0.1) is 0 Å². The number of ether oxygens (including phenoxy) is 2. The van der Waals surface area contributed by atoms with E-state index in [-0.39, 0.29) is 11.7 Å². The summed E-state index contributed by atoms with van der Waals surface area (Å²) in [6.45, 7) is 0.502. The summed E-state index contributed by atoms with van der Waals surface area (Å²) >= 11 is 1.36. The second-order valence-electron chi connectivity index (χ2n) is 6.59. The predicted molar refractivity (Wildman–Crippen MR) is 118 cm³/mol. The zero-order chi connectivity index (χ0) is 21.6. The highest BCUT2D eigenvalue weighted by Crippen LogP contribution is 2.31. The Morgan fingerprint density at radius 3 is 2.58 bits per heavy atom. The number of amides is 1. The summed E-state index contributed by atoms with van der Waals surface area (Å²) < 4.78 is 12.3. The van der Waals surface area contributed by atoms with Crippen LogP contribution in [0.5, 0.6) is 11.5 Å². The summed E-state index contributed by atoms with van der Waals surface area (Å²) in [5.74, 6) is 2.01. The van der Waals surface area contributed by atoms with Gasteiger partial charge in [0.15, 0.2) is 23.0 Å². The molecule has 9 heteroatoms. The molecule has 2 aromatic heterocycles. The summed E-state index contributed by atoms with van der Waals surface area (Å²) in [4.78, 5) is 12.2. The van der Waals surface area contributed by atoms with Crippen molar-refractivity contribution in [3.8, 4) is 22.9 Å². The number of fused-ring (bicyclic) bond motifs is 1. The average molecular weight is 436 g/mol. The van der Waals surface area contributed by atoms with Crippen LogP contribution in [0.2, 0.25) is 0 Å². The number of carbonyl (C=O) groups is 1. The van der Waals surface area contributed by atoms with E-state index in [0.29, 0.717) is 34.5 Å². The van der Waals surface area contributed by atoms with Gasteiger partial charge >= 0.3 is 0 Å². The molecule has 0 aliphatic heterocycles. The quantitative estimate of drug-likeness (QED) is 0.425. The first-order chi connectivity index (χ1) is 15.2. The van der Waals surface area contributed by atoms with Crippen molar-refractivity contribution >= 4 is 23.3 Å². The van der Waals surface area contributed by atoms with Gasteiger partial charge in [-0.3, -0.25) is 4.79 Å². The van der Waals surface area contributed by atoms with Gasteiger partial charge in [-0.25, -0.2) is 0 Å². The second-order valence-corrected chi connectivity index (χ2v) is 7.58. The molecular formula is C22H21N5O3S. The first kappa shape index (κ1) is 20.7. The Morgan fingerprint density at radius 1 is 1.00 bits per heavy atom. The first-order valence-corrected chi connectivity index (χ1v) is 10.5. The second kappa shape index (κ2) is 9.48. The van der Waals surface area contributed by atoms with Crippen LogP contribution in [0.25, 0.3) is 17.0 Å². The molecule has 1 N–H and O–H groups in total. The number of hydrogen-bond donors (Lipinski definition) is 1. The molecule has 0 saturated heterocycles. The average Bonchev–Trinajstić information content (AvgIpc) is 3.25. The highest BCUT2D eigenvalue weighted by molar-refractivity contribution is 7.99. The van der Waals surface area contributed by atoms with Gasteiger partial charge in [0.25, 0.3) is 0 Å². The highest BCUT2D eigenvalue weighted by atomic mass is 32.2. The van der Waals surface area contributed by atoms with E-state index in [1.54, 1.807) is 18.7 Å². The molecule has 0 bridgehead atoms. The number of carbonyl (C=O) groups excluding carboxylic acids is 1. The van der Waals surface area contributed by atoms with Gasteiger partial charge in [0.1, 0.15) is 5.03 Å². The van der Waals surface area contributed by atoms with Gasteiger partial charge in [-0.2, -0.15) is 9.61 Å². The van der Waals surface area contributed by atoms with Crippen molar-refractivity contribution in [3.05, 3.63) is 66.2 Å². The van der Waals surface area contributed by atoms with Crippen LogP contribution in [0.3, 0.4) is 0 Å². The fourth-order valence-electron chi connectivity index (χ4n) is 2.99. The summed E-state index contributed by atoms with van der Waals surface area (Å²) in [5.41, 5.74) is 2.47. The molecule has 0 aliphatic rings. The third-order valence-electron chi connectivity index (χ3n) is 4.56. The first-order valence-electron chi connectivity index (χ1n) is 9.56. The van der Waals surface area contributed by atoms with Crippen LogP contribution >= 0.6 is 11.8 Å². The summed E-state index contributed by atoms with van der Waals surface area (Å²) in [6, 6.07) is 19.0. The maximum Gasteiger partial charge on any atom is 0.230 e. The molecule has 0 spiro atoms.